The van der Waals surface area contributed by atoms with E-state index in [1.54, 1.807) is 0 Å². The molecule has 0 unspecified atom stereocenters. The van der Waals surface area contributed by atoms with Crippen molar-refractivity contribution in [3.8, 4) is 0 Å². The molecule has 0 aliphatic heterocycles. The number of hydrogen-bond acceptors (Lipinski definition) is 4. The molecule has 0 bridgehead atoms. The molecule has 2 N–H and O–H groups in total. The molecule has 6 nitrogen and oxygen atoms in total. The van der Waals surface area contributed by atoms with Crippen LogP contribution in [0.25, 0.3) is 0 Å². The first-order valence-electron chi connectivity index (χ1n) is 7.07. The summed E-state index contributed by atoms with van der Waals surface area (Å²) in [5.41, 5.74) is 0. The summed E-state index contributed by atoms with van der Waals surface area (Å²) in [5, 5.41) is 2.54. The zero-order chi connectivity index (χ0) is 14.4. The summed E-state index contributed by atoms with van der Waals surface area (Å²) in [6, 6.07) is 0. The van der Waals surface area contributed by atoms with Gasteiger partial charge in [0, 0.05) is 18.9 Å². The van der Waals surface area contributed by atoms with Gasteiger partial charge in [-0.05, 0) is 12.3 Å². The zero-order valence-electron chi connectivity index (χ0n) is 11.5. The van der Waals surface area contributed by atoms with E-state index in [2.05, 4.69) is 15.3 Å². The van der Waals surface area contributed by atoms with Crippen LogP contribution in [0.5, 0.6) is 0 Å². The molecular weight excluding hydrogens is 278 g/mol. The smallest absolute Gasteiger partial charge is 0.235 e. The van der Waals surface area contributed by atoms with E-state index in [-0.39, 0.29) is 5.16 Å². The van der Waals surface area contributed by atoms with Crippen LogP contribution < -0.4 is 5.32 Å². The van der Waals surface area contributed by atoms with Gasteiger partial charge in [0.1, 0.15) is 5.75 Å². The van der Waals surface area contributed by atoms with Gasteiger partial charge >= 0.3 is 0 Å². The molecular formula is C13H21N3O3S. The topological polar surface area (TPSA) is 91.9 Å². The lowest BCUT2D eigenvalue weighted by atomic mass is 9.87. The number of carbonyl (C=O) groups is 1. The predicted molar refractivity (Wildman–Crippen MR) is 74.8 cm³/mol. The van der Waals surface area contributed by atoms with Crippen LogP contribution in [0.3, 0.4) is 0 Å². The Morgan fingerprint density at radius 2 is 2.10 bits per heavy atom. The number of hydrogen-bond donors (Lipinski definition) is 2. The molecule has 2 rings (SSSR count). The molecule has 1 aliphatic carbocycles. The van der Waals surface area contributed by atoms with Gasteiger partial charge in [-0.25, -0.2) is 13.4 Å². The second kappa shape index (κ2) is 6.88. The first kappa shape index (κ1) is 15.0. The maximum absolute atomic E-state index is 11.8. The van der Waals surface area contributed by atoms with E-state index in [9.17, 15) is 13.2 Å². The summed E-state index contributed by atoms with van der Waals surface area (Å²) >= 11 is 0. The molecule has 0 atom stereocenters. The fraction of sp³-hybridized carbons (Fsp3) is 0.692. The van der Waals surface area contributed by atoms with Crippen LogP contribution in [-0.4, -0.2) is 36.6 Å². The molecule has 0 aromatic carbocycles. The van der Waals surface area contributed by atoms with Gasteiger partial charge in [0.25, 0.3) is 0 Å². The predicted octanol–water partition coefficient (Wildman–Crippen LogP) is 1.27. The summed E-state index contributed by atoms with van der Waals surface area (Å²) in [6.45, 7) is 0.553. The highest BCUT2D eigenvalue weighted by Gasteiger charge is 2.21. The molecule has 1 fully saturated rings. The van der Waals surface area contributed by atoms with Gasteiger partial charge in [-0.1, -0.05) is 32.1 Å². The van der Waals surface area contributed by atoms with Crippen LogP contribution in [0, 0.1) is 5.92 Å². The average molecular weight is 299 g/mol. The second-order valence-corrected chi connectivity index (χ2v) is 7.20. The molecule has 1 heterocycles. The fourth-order valence-corrected chi connectivity index (χ4v) is 3.66. The van der Waals surface area contributed by atoms with E-state index >= 15 is 0 Å². The quantitative estimate of drug-likeness (QED) is 0.827. The number of nitrogens with zero attached hydrogens (tertiary/aromatic N) is 1. The van der Waals surface area contributed by atoms with Crippen molar-refractivity contribution in [2.45, 2.75) is 43.7 Å². The summed E-state index contributed by atoms with van der Waals surface area (Å²) in [5.74, 6) is -0.339. The number of imidazole rings is 1. The monoisotopic (exact) mass is 299 g/mol. The molecule has 0 radical (unpaired) electrons. The van der Waals surface area contributed by atoms with E-state index in [1.165, 1.54) is 44.5 Å². The molecule has 0 spiro atoms. The average Bonchev–Trinajstić information content (AvgIpc) is 2.94. The number of nitrogens with one attached hydrogen (secondary N) is 2. The third-order valence-corrected chi connectivity index (χ3v) is 5.14. The van der Waals surface area contributed by atoms with Gasteiger partial charge in [0.05, 0.1) is 0 Å². The lowest BCUT2D eigenvalue weighted by molar-refractivity contribution is -0.118. The molecule has 1 amide bonds. The van der Waals surface area contributed by atoms with Gasteiger partial charge in [-0.15, -0.1) is 0 Å². The Bertz CT molecular complexity index is 519. The Hall–Kier alpha value is -1.37. The van der Waals surface area contributed by atoms with Gasteiger partial charge < -0.3 is 10.3 Å². The molecule has 20 heavy (non-hydrogen) atoms. The standard InChI is InChI=1S/C13H21N3O3S/c17-12(10-20(18,19)13-15-8-9-16-13)14-7-6-11-4-2-1-3-5-11/h8-9,11H,1-7,10H2,(H,14,17)(H,15,16). The van der Waals surface area contributed by atoms with Gasteiger partial charge in [0.2, 0.25) is 20.9 Å². The Kier molecular flexibility index (Phi) is 5.17. The van der Waals surface area contributed by atoms with Crippen LogP contribution >= 0.6 is 0 Å². The number of aromatic amines is 1. The minimum atomic E-state index is -3.65. The summed E-state index contributed by atoms with van der Waals surface area (Å²) < 4.78 is 23.6. The van der Waals surface area contributed by atoms with Gasteiger partial charge in [0.15, 0.2) is 0 Å². The molecule has 1 aromatic heterocycles. The number of amides is 1. The van der Waals surface area contributed by atoms with Crippen LogP contribution in [0.4, 0.5) is 0 Å². The summed E-state index contributed by atoms with van der Waals surface area (Å²) in [7, 11) is -3.65. The Morgan fingerprint density at radius 1 is 1.35 bits per heavy atom. The van der Waals surface area contributed by atoms with Crippen LogP contribution in [0.2, 0.25) is 0 Å². The number of carbonyl (C=O) groups excluding carboxylic acids is 1. The van der Waals surface area contributed by atoms with E-state index < -0.39 is 21.5 Å². The second-order valence-electron chi connectivity index (χ2n) is 5.30. The minimum absolute atomic E-state index is 0.153. The van der Waals surface area contributed by atoms with E-state index in [4.69, 9.17) is 0 Å². The maximum atomic E-state index is 11.8. The third kappa shape index (κ3) is 4.33. The number of H-pyrrole nitrogens is 1. The highest BCUT2D eigenvalue weighted by molar-refractivity contribution is 7.91. The Morgan fingerprint density at radius 3 is 2.75 bits per heavy atom. The van der Waals surface area contributed by atoms with Crippen molar-refractivity contribution >= 4 is 15.7 Å². The van der Waals surface area contributed by atoms with Gasteiger partial charge in [-0.3, -0.25) is 4.79 Å². The lowest BCUT2D eigenvalue weighted by Gasteiger charge is -2.21. The molecule has 1 aliphatic rings. The Labute approximate surface area is 119 Å². The zero-order valence-corrected chi connectivity index (χ0v) is 12.3. The molecule has 112 valence electrons. The van der Waals surface area contributed by atoms with Crippen LogP contribution in [0.1, 0.15) is 38.5 Å². The van der Waals surface area contributed by atoms with E-state index in [1.807, 2.05) is 0 Å². The van der Waals surface area contributed by atoms with E-state index in [0.717, 1.165) is 6.42 Å². The van der Waals surface area contributed by atoms with Crippen molar-refractivity contribution in [2.24, 2.45) is 5.92 Å². The molecule has 1 aromatic rings. The maximum Gasteiger partial charge on any atom is 0.235 e. The summed E-state index contributed by atoms with van der Waals surface area (Å²) in [6.07, 6.45) is 10.0. The van der Waals surface area contributed by atoms with Crippen molar-refractivity contribution in [3.63, 3.8) is 0 Å². The highest BCUT2D eigenvalue weighted by atomic mass is 32.2. The first-order valence-corrected chi connectivity index (χ1v) is 8.72. The van der Waals surface area contributed by atoms with Crippen molar-refractivity contribution in [3.05, 3.63) is 12.4 Å². The first-order chi connectivity index (χ1) is 9.58. The number of sulfone groups is 1. The van der Waals surface area contributed by atoms with Crippen molar-refractivity contribution < 1.29 is 13.2 Å². The van der Waals surface area contributed by atoms with Crippen LogP contribution in [0.15, 0.2) is 17.6 Å². The minimum Gasteiger partial charge on any atom is -0.355 e. The number of rotatable bonds is 6. The largest absolute Gasteiger partial charge is 0.355 e. The fourth-order valence-electron chi connectivity index (χ4n) is 2.60. The normalized spacial score (nSPS) is 17.0. The van der Waals surface area contributed by atoms with Crippen molar-refractivity contribution in [1.29, 1.82) is 0 Å². The van der Waals surface area contributed by atoms with Crippen molar-refractivity contribution in [2.75, 3.05) is 12.3 Å². The van der Waals surface area contributed by atoms with Crippen molar-refractivity contribution in [1.82, 2.24) is 15.3 Å². The molecule has 0 saturated heterocycles. The Balaban J connectivity index is 1.72. The summed E-state index contributed by atoms with van der Waals surface area (Å²) in [4.78, 5) is 17.8. The van der Waals surface area contributed by atoms with E-state index in [0.29, 0.717) is 12.5 Å². The lowest BCUT2D eigenvalue weighted by Crippen LogP contribution is -2.32. The number of aromatic nitrogens is 2. The van der Waals surface area contributed by atoms with Gasteiger partial charge in [-0.2, -0.15) is 0 Å². The molecule has 7 heteroatoms. The third-order valence-electron chi connectivity index (χ3n) is 3.69. The van der Waals surface area contributed by atoms with Crippen LogP contribution in [-0.2, 0) is 14.6 Å². The highest BCUT2D eigenvalue weighted by Crippen LogP contribution is 2.25. The molecule has 1 saturated carbocycles. The SMILES string of the molecule is O=C(CS(=O)(=O)c1ncc[nH]1)NCCC1CCCCC1.